The Morgan fingerprint density at radius 2 is 1.73 bits per heavy atom. The smallest absolute Gasteiger partial charge is 0.338 e. The third-order valence-corrected chi connectivity index (χ3v) is 5.85. The SMILES string of the molecule is C[C@@H](OC(=O)c1ccc(S(=O)(=O)Nc2ccccc2F)cc1)C(=O)N1CCOCC1. The number of morpholine rings is 1. The second kappa shape index (κ2) is 9.23. The van der Waals surface area contributed by atoms with Crippen LogP contribution in [0.15, 0.2) is 53.4 Å². The first-order valence-electron chi connectivity index (χ1n) is 9.23. The van der Waals surface area contributed by atoms with E-state index >= 15 is 0 Å². The Bertz CT molecular complexity index is 1020. The number of sulfonamides is 1. The van der Waals surface area contributed by atoms with Gasteiger partial charge in [0.05, 0.1) is 29.4 Å². The normalized spacial score (nSPS) is 15.3. The summed E-state index contributed by atoms with van der Waals surface area (Å²) in [7, 11) is -4.04. The third kappa shape index (κ3) is 5.14. The molecule has 0 saturated carbocycles. The van der Waals surface area contributed by atoms with E-state index in [0.29, 0.717) is 26.3 Å². The predicted octanol–water partition coefficient (Wildman–Crippen LogP) is 2.03. The average molecular weight is 436 g/mol. The van der Waals surface area contributed by atoms with Crippen LogP contribution in [0.5, 0.6) is 0 Å². The summed E-state index contributed by atoms with van der Waals surface area (Å²) in [6.45, 7) is 3.21. The van der Waals surface area contributed by atoms with E-state index in [2.05, 4.69) is 4.72 Å². The molecule has 160 valence electrons. The molecule has 1 atom stereocenters. The Balaban J connectivity index is 1.65. The van der Waals surface area contributed by atoms with Gasteiger partial charge in [-0.2, -0.15) is 0 Å². The van der Waals surface area contributed by atoms with Crippen LogP contribution in [0.25, 0.3) is 0 Å². The quantitative estimate of drug-likeness (QED) is 0.696. The van der Waals surface area contributed by atoms with Crippen molar-refractivity contribution in [1.29, 1.82) is 0 Å². The summed E-state index contributed by atoms with van der Waals surface area (Å²) in [5, 5.41) is 0. The molecule has 10 heteroatoms. The van der Waals surface area contributed by atoms with Crippen LogP contribution in [0.4, 0.5) is 10.1 Å². The van der Waals surface area contributed by atoms with E-state index in [4.69, 9.17) is 9.47 Å². The van der Waals surface area contributed by atoms with Gasteiger partial charge in [0, 0.05) is 13.1 Å². The number of esters is 1. The minimum absolute atomic E-state index is 0.0847. The lowest BCUT2D eigenvalue weighted by Crippen LogP contribution is -2.46. The van der Waals surface area contributed by atoms with Crippen molar-refractivity contribution in [1.82, 2.24) is 4.90 Å². The highest BCUT2D eigenvalue weighted by Crippen LogP contribution is 2.19. The number of nitrogens with zero attached hydrogens (tertiary/aromatic N) is 1. The summed E-state index contributed by atoms with van der Waals surface area (Å²) in [5.74, 6) is -1.78. The van der Waals surface area contributed by atoms with Gasteiger partial charge in [0.1, 0.15) is 5.82 Å². The van der Waals surface area contributed by atoms with Crippen LogP contribution in [0.3, 0.4) is 0 Å². The van der Waals surface area contributed by atoms with E-state index in [1.165, 1.54) is 49.4 Å². The van der Waals surface area contributed by atoms with Crippen molar-refractivity contribution in [3.05, 3.63) is 59.9 Å². The highest BCUT2D eigenvalue weighted by atomic mass is 32.2. The molecule has 1 heterocycles. The fourth-order valence-electron chi connectivity index (χ4n) is 2.84. The molecular formula is C20H21FN2O6S. The van der Waals surface area contributed by atoms with Crippen LogP contribution in [0.1, 0.15) is 17.3 Å². The second-order valence-electron chi connectivity index (χ2n) is 6.59. The molecule has 8 nitrogen and oxygen atoms in total. The van der Waals surface area contributed by atoms with Gasteiger partial charge in [0.25, 0.3) is 15.9 Å². The van der Waals surface area contributed by atoms with Crippen molar-refractivity contribution in [2.45, 2.75) is 17.9 Å². The number of hydrogen-bond donors (Lipinski definition) is 1. The van der Waals surface area contributed by atoms with Crippen LogP contribution in [0, 0.1) is 5.82 Å². The topological polar surface area (TPSA) is 102 Å². The van der Waals surface area contributed by atoms with Gasteiger partial charge in [0.2, 0.25) is 0 Å². The molecule has 0 aromatic heterocycles. The van der Waals surface area contributed by atoms with Gasteiger partial charge in [-0.15, -0.1) is 0 Å². The first kappa shape index (κ1) is 21.7. The molecule has 1 aliphatic heterocycles. The minimum Gasteiger partial charge on any atom is -0.449 e. The summed E-state index contributed by atoms with van der Waals surface area (Å²) >= 11 is 0. The number of anilines is 1. The van der Waals surface area contributed by atoms with Gasteiger partial charge < -0.3 is 14.4 Å². The Morgan fingerprint density at radius 3 is 2.37 bits per heavy atom. The van der Waals surface area contributed by atoms with Crippen LogP contribution in [-0.4, -0.2) is 57.6 Å². The molecular weight excluding hydrogens is 415 g/mol. The zero-order chi connectivity index (χ0) is 21.7. The highest BCUT2D eigenvalue weighted by molar-refractivity contribution is 7.92. The molecule has 2 aromatic rings. The van der Waals surface area contributed by atoms with Gasteiger partial charge in [-0.05, 0) is 43.3 Å². The second-order valence-corrected chi connectivity index (χ2v) is 8.28. The van der Waals surface area contributed by atoms with Crippen LogP contribution in [-0.2, 0) is 24.3 Å². The first-order valence-corrected chi connectivity index (χ1v) is 10.7. The molecule has 1 aliphatic rings. The maximum absolute atomic E-state index is 13.7. The lowest BCUT2D eigenvalue weighted by atomic mass is 10.2. The summed E-state index contributed by atoms with van der Waals surface area (Å²) in [4.78, 5) is 26.0. The van der Waals surface area contributed by atoms with E-state index in [0.717, 1.165) is 6.07 Å². The predicted molar refractivity (Wildman–Crippen MR) is 106 cm³/mol. The van der Waals surface area contributed by atoms with E-state index in [9.17, 15) is 22.4 Å². The molecule has 1 saturated heterocycles. The van der Waals surface area contributed by atoms with Gasteiger partial charge in [-0.3, -0.25) is 9.52 Å². The van der Waals surface area contributed by atoms with Gasteiger partial charge in [-0.25, -0.2) is 17.6 Å². The Hall–Kier alpha value is -2.98. The number of rotatable bonds is 6. The zero-order valence-corrected chi connectivity index (χ0v) is 17.0. The maximum Gasteiger partial charge on any atom is 0.338 e. The number of ether oxygens (including phenoxy) is 2. The molecule has 0 radical (unpaired) electrons. The molecule has 3 rings (SSSR count). The number of nitrogens with one attached hydrogen (secondary N) is 1. The minimum atomic E-state index is -4.04. The number of benzene rings is 2. The molecule has 0 spiro atoms. The van der Waals surface area contributed by atoms with Gasteiger partial charge in [0.15, 0.2) is 6.10 Å². The fourth-order valence-corrected chi connectivity index (χ4v) is 3.90. The Morgan fingerprint density at radius 1 is 1.10 bits per heavy atom. The van der Waals surface area contributed by atoms with Crippen molar-refractivity contribution in [2.75, 3.05) is 31.0 Å². The van der Waals surface area contributed by atoms with Crippen molar-refractivity contribution in [3.63, 3.8) is 0 Å². The molecule has 30 heavy (non-hydrogen) atoms. The van der Waals surface area contributed by atoms with Crippen molar-refractivity contribution < 1.29 is 31.9 Å². The lowest BCUT2D eigenvalue weighted by molar-refractivity contribution is -0.143. The van der Waals surface area contributed by atoms with Crippen molar-refractivity contribution in [3.8, 4) is 0 Å². The van der Waals surface area contributed by atoms with E-state index in [1.807, 2.05) is 0 Å². The number of carbonyl (C=O) groups excluding carboxylic acids is 2. The summed E-state index contributed by atoms with van der Waals surface area (Å²) < 4.78 is 51.1. The molecule has 0 aliphatic carbocycles. The summed E-state index contributed by atoms with van der Waals surface area (Å²) in [6.07, 6.45) is -0.985. The maximum atomic E-state index is 13.7. The summed E-state index contributed by atoms with van der Waals surface area (Å²) in [6, 6.07) is 10.3. The van der Waals surface area contributed by atoms with E-state index < -0.39 is 27.9 Å². The molecule has 0 unspecified atom stereocenters. The van der Waals surface area contributed by atoms with E-state index in [1.54, 1.807) is 4.90 Å². The number of halogens is 1. The number of carbonyl (C=O) groups is 2. The molecule has 1 amide bonds. The largest absolute Gasteiger partial charge is 0.449 e. The van der Waals surface area contributed by atoms with E-state index in [-0.39, 0.29) is 22.1 Å². The monoisotopic (exact) mass is 436 g/mol. The molecule has 0 bridgehead atoms. The van der Waals surface area contributed by atoms with Crippen molar-refractivity contribution in [2.24, 2.45) is 0 Å². The van der Waals surface area contributed by atoms with Crippen LogP contribution in [0.2, 0.25) is 0 Å². The van der Waals surface area contributed by atoms with Crippen molar-refractivity contribution >= 4 is 27.6 Å². The standard InChI is InChI=1S/C20H21FN2O6S/c1-14(19(24)23-10-12-28-13-11-23)29-20(25)15-6-8-16(9-7-15)30(26,27)22-18-5-3-2-4-17(18)21/h2-9,14,22H,10-13H2,1H3/t14-/m1/s1. The zero-order valence-electron chi connectivity index (χ0n) is 16.2. The number of amides is 1. The lowest BCUT2D eigenvalue weighted by Gasteiger charge is -2.28. The molecule has 2 aromatic carbocycles. The summed E-state index contributed by atoms with van der Waals surface area (Å²) in [5.41, 5.74) is -0.0992. The number of hydrogen-bond acceptors (Lipinski definition) is 6. The Labute approximate surface area is 173 Å². The fraction of sp³-hybridized carbons (Fsp3) is 0.300. The Kier molecular flexibility index (Phi) is 6.68. The van der Waals surface area contributed by atoms with Crippen LogP contribution < -0.4 is 4.72 Å². The average Bonchev–Trinajstić information content (AvgIpc) is 2.75. The number of para-hydroxylation sites is 1. The van der Waals surface area contributed by atoms with Crippen LogP contribution >= 0.6 is 0 Å². The van der Waals surface area contributed by atoms with Gasteiger partial charge >= 0.3 is 5.97 Å². The highest BCUT2D eigenvalue weighted by Gasteiger charge is 2.26. The third-order valence-electron chi connectivity index (χ3n) is 4.47. The molecule has 1 fully saturated rings. The first-order chi connectivity index (χ1) is 14.3. The van der Waals surface area contributed by atoms with Gasteiger partial charge in [-0.1, -0.05) is 12.1 Å². The molecule has 1 N–H and O–H groups in total.